The van der Waals surface area contributed by atoms with Crippen molar-refractivity contribution < 1.29 is 13.6 Å². The van der Waals surface area contributed by atoms with Gasteiger partial charge in [0.2, 0.25) is 0 Å². The first-order chi connectivity index (χ1) is 11.5. The van der Waals surface area contributed by atoms with Crippen LogP contribution in [0.15, 0.2) is 42.5 Å². The number of halogens is 3. The first-order valence-corrected chi connectivity index (χ1v) is 8.12. The van der Waals surface area contributed by atoms with Crippen molar-refractivity contribution in [2.75, 3.05) is 26.2 Å². The molecule has 6 heteroatoms. The molecule has 0 bridgehead atoms. The standard InChI is InChI=1S/C18H17ClF2N2O/c19-16-5-2-6-17(21)15(16)12-22-7-9-23(10-8-22)18(24)13-3-1-4-14(20)11-13/h1-6,11H,7-10,12H2. The van der Waals surface area contributed by atoms with E-state index in [4.69, 9.17) is 11.6 Å². The van der Waals surface area contributed by atoms with Gasteiger partial charge in [0.1, 0.15) is 11.6 Å². The molecule has 1 saturated heterocycles. The normalized spacial score (nSPS) is 15.5. The molecule has 1 aliphatic rings. The first kappa shape index (κ1) is 16.9. The lowest BCUT2D eigenvalue weighted by molar-refractivity contribution is 0.0626. The lowest BCUT2D eigenvalue weighted by Crippen LogP contribution is -2.48. The lowest BCUT2D eigenvalue weighted by atomic mass is 10.1. The average molecular weight is 351 g/mol. The summed E-state index contributed by atoms with van der Waals surface area (Å²) < 4.78 is 27.1. The molecule has 0 saturated carbocycles. The van der Waals surface area contributed by atoms with Crippen LogP contribution in [-0.2, 0) is 6.54 Å². The van der Waals surface area contributed by atoms with Gasteiger partial charge in [-0.25, -0.2) is 8.78 Å². The highest BCUT2D eigenvalue weighted by Crippen LogP contribution is 2.21. The molecule has 1 fully saturated rings. The van der Waals surface area contributed by atoms with E-state index >= 15 is 0 Å². The third-order valence-corrected chi connectivity index (χ3v) is 4.53. The van der Waals surface area contributed by atoms with Gasteiger partial charge in [0.05, 0.1) is 0 Å². The van der Waals surface area contributed by atoms with Crippen molar-refractivity contribution in [3.8, 4) is 0 Å². The van der Waals surface area contributed by atoms with Gasteiger partial charge < -0.3 is 4.90 Å². The Bertz CT molecular complexity index is 725. The van der Waals surface area contributed by atoms with Crippen LogP contribution >= 0.6 is 11.6 Å². The van der Waals surface area contributed by atoms with E-state index in [1.165, 1.54) is 24.3 Å². The second-order valence-electron chi connectivity index (χ2n) is 5.78. The first-order valence-electron chi connectivity index (χ1n) is 7.74. The van der Waals surface area contributed by atoms with Gasteiger partial charge in [0.25, 0.3) is 5.91 Å². The highest BCUT2D eigenvalue weighted by atomic mass is 35.5. The minimum atomic E-state index is -0.423. The lowest BCUT2D eigenvalue weighted by Gasteiger charge is -2.35. The second-order valence-corrected chi connectivity index (χ2v) is 6.19. The summed E-state index contributed by atoms with van der Waals surface area (Å²) in [6.07, 6.45) is 0. The third kappa shape index (κ3) is 3.74. The maximum atomic E-state index is 13.9. The van der Waals surface area contributed by atoms with Crippen molar-refractivity contribution in [3.05, 3.63) is 70.2 Å². The van der Waals surface area contributed by atoms with E-state index in [1.807, 2.05) is 0 Å². The SMILES string of the molecule is O=C(c1cccc(F)c1)N1CCN(Cc2c(F)cccc2Cl)CC1. The van der Waals surface area contributed by atoms with Gasteiger partial charge in [-0.15, -0.1) is 0 Å². The number of nitrogens with zero attached hydrogens (tertiary/aromatic N) is 2. The van der Waals surface area contributed by atoms with Crippen molar-refractivity contribution in [1.82, 2.24) is 9.80 Å². The van der Waals surface area contributed by atoms with E-state index in [0.29, 0.717) is 48.9 Å². The summed E-state index contributed by atoms with van der Waals surface area (Å²) in [6, 6.07) is 10.3. The second kappa shape index (κ2) is 7.28. The van der Waals surface area contributed by atoms with Gasteiger partial charge in [-0.05, 0) is 30.3 Å². The van der Waals surface area contributed by atoms with Crippen LogP contribution in [0.1, 0.15) is 15.9 Å². The summed E-state index contributed by atoms with van der Waals surface area (Å²) in [4.78, 5) is 16.1. The number of benzene rings is 2. The summed E-state index contributed by atoms with van der Waals surface area (Å²) in [5.74, 6) is -0.924. The van der Waals surface area contributed by atoms with Crippen LogP contribution in [0.25, 0.3) is 0 Å². The third-order valence-electron chi connectivity index (χ3n) is 4.17. The van der Waals surface area contributed by atoms with E-state index in [-0.39, 0.29) is 11.7 Å². The fourth-order valence-electron chi connectivity index (χ4n) is 2.82. The average Bonchev–Trinajstić information content (AvgIpc) is 2.58. The van der Waals surface area contributed by atoms with E-state index in [1.54, 1.807) is 23.1 Å². The summed E-state index contributed by atoms with van der Waals surface area (Å²) >= 11 is 6.06. The van der Waals surface area contributed by atoms with Gasteiger partial charge in [0.15, 0.2) is 0 Å². The molecule has 1 aliphatic heterocycles. The number of hydrogen-bond donors (Lipinski definition) is 0. The van der Waals surface area contributed by atoms with Crippen molar-refractivity contribution in [2.24, 2.45) is 0 Å². The van der Waals surface area contributed by atoms with E-state index in [2.05, 4.69) is 4.90 Å². The molecular weight excluding hydrogens is 334 g/mol. The number of amides is 1. The Morgan fingerprint density at radius 1 is 1.04 bits per heavy atom. The van der Waals surface area contributed by atoms with Gasteiger partial charge in [-0.1, -0.05) is 23.7 Å². The zero-order chi connectivity index (χ0) is 17.1. The molecule has 2 aromatic rings. The summed E-state index contributed by atoms with van der Waals surface area (Å²) in [6.45, 7) is 2.67. The molecule has 0 aliphatic carbocycles. The number of piperazine rings is 1. The Kier molecular flexibility index (Phi) is 5.11. The molecule has 1 amide bonds. The summed E-state index contributed by atoms with van der Waals surface area (Å²) in [7, 11) is 0. The Morgan fingerprint density at radius 3 is 2.42 bits per heavy atom. The fourth-order valence-corrected chi connectivity index (χ4v) is 3.04. The number of carbonyl (C=O) groups excluding carboxylic acids is 1. The zero-order valence-corrected chi connectivity index (χ0v) is 13.8. The fraction of sp³-hybridized carbons (Fsp3) is 0.278. The minimum Gasteiger partial charge on any atom is -0.336 e. The summed E-state index contributed by atoms with van der Waals surface area (Å²) in [5, 5.41) is 0.410. The molecular formula is C18H17ClF2N2O. The minimum absolute atomic E-state index is 0.182. The molecule has 0 N–H and O–H groups in total. The molecule has 0 unspecified atom stereocenters. The van der Waals surface area contributed by atoms with Gasteiger partial charge >= 0.3 is 0 Å². The highest BCUT2D eigenvalue weighted by Gasteiger charge is 2.23. The Labute approximate surface area is 144 Å². The molecule has 3 nitrogen and oxygen atoms in total. The van der Waals surface area contributed by atoms with Crippen molar-refractivity contribution in [1.29, 1.82) is 0 Å². The van der Waals surface area contributed by atoms with Crippen LogP contribution in [-0.4, -0.2) is 41.9 Å². The maximum Gasteiger partial charge on any atom is 0.254 e. The van der Waals surface area contributed by atoms with Crippen molar-refractivity contribution >= 4 is 17.5 Å². The Morgan fingerprint density at radius 2 is 1.75 bits per heavy atom. The molecule has 3 rings (SSSR count). The predicted octanol–water partition coefficient (Wildman–Crippen LogP) is 3.58. The quantitative estimate of drug-likeness (QED) is 0.844. The molecule has 0 aromatic heterocycles. The molecule has 0 atom stereocenters. The molecule has 24 heavy (non-hydrogen) atoms. The van der Waals surface area contributed by atoms with Gasteiger partial charge in [-0.3, -0.25) is 9.69 Å². The molecule has 0 spiro atoms. The number of rotatable bonds is 3. The number of carbonyl (C=O) groups is 1. The van der Waals surface area contributed by atoms with Gasteiger partial charge in [-0.2, -0.15) is 0 Å². The smallest absolute Gasteiger partial charge is 0.254 e. The Balaban J connectivity index is 1.61. The largest absolute Gasteiger partial charge is 0.336 e. The molecule has 0 radical (unpaired) electrons. The highest BCUT2D eigenvalue weighted by molar-refractivity contribution is 6.31. The molecule has 1 heterocycles. The monoisotopic (exact) mass is 350 g/mol. The predicted molar refractivity (Wildman–Crippen MR) is 89.0 cm³/mol. The maximum absolute atomic E-state index is 13.9. The van der Waals surface area contributed by atoms with Gasteiger partial charge in [0, 0.05) is 48.9 Å². The summed E-state index contributed by atoms with van der Waals surface area (Å²) in [5.41, 5.74) is 0.824. The van der Waals surface area contributed by atoms with Crippen LogP contribution in [0.3, 0.4) is 0 Å². The van der Waals surface area contributed by atoms with Crippen LogP contribution in [0.4, 0.5) is 8.78 Å². The molecule has 2 aromatic carbocycles. The van der Waals surface area contributed by atoms with Crippen molar-refractivity contribution in [3.63, 3.8) is 0 Å². The van der Waals surface area contributed by atoms with Crippen LogP contribution in [0.5, 0.6) is 0 Å². The van der Waals surface area contributed by atoms with E-state index < -0.39 is 5.82 Å². The van der Waals surface area contributed by atoms with E-state index in [9.17, 15) is 13.6 Å². The zero-order valence-electron chi connectivity index (χ0n) is 13.0. The number of hydrogen-bond acceptors (Lipinski definition) is 2. The topological polar surface area (TPSA) is 23.6 Å². The van der Waals surface area contributed by atoms with Crippen LogP contribution in [0.2, 0.25) is 5.02 Å². The Hall–Kier alpha value is -1.98. The molecule has 126 valence electrons. The van der Waals surface area contributed by atoms with Crippen LogP contribution < -0.4 is 0 Å². The van der Waals surface area contributed by atoms with Crippen LogP contribution in [0, 0.1) is 11.6 Å². The van der Waals surface area contributed by atoms with Crippen molar-refractivity contribution in [2.45, 2.75) is 6.54 Å². The van der Waals surface area contributed by atoms with E-state index in [0.717, 1.165) is 0 Å².